The Balaban J connectivity index is 0.00000264. The maximum absolute atomic E-state index is 12.5. The van der Waals surface area contributed by atoms with Crippen LogP contribution in [0.5, 0.6) is 5.75 Å². The predicted octanol–water partition coefficient (Wildman–Crippen LogP) is 2.37. The second kappa shape index (κ2) is 7.69. The molecule has 0 unspecified atom stereocenters. The standard InChI is InChI=1S/C13H17F3N2O3S.ClH/c14-13(15,16)21-11-2-1-3-12(8-11)22(19,20)18-6-4-10(9-17)5-7-18;/h1-3,8,10H,4-7,9,17H2;1H. The van der Waals surface area contributed by atoms with E-state index in [4.69, 9.17) is 5.73 Å². The van der Waals surface area contributed by atoms with Crippen LogP contribution in [0.1, 0.15) is 12.8 Å². The van der Waals surface area contributed by atoms with Crippen LogP contribution < -0.4 is 10.5 Å². The van der Waals surface area contributed by atoms with Crippen molar-refractivity contribution in [1.82, 2.24) is 4.31 Å². The van der Waals surface area contributed by atoms with Gasteiger partial charge in [0.1, 0.15) is 5.75 Å². The molecular formula is C13H18ClF3N2O3S. The third-order valence-corrected chi connectivity index (χ3v) is 5.48. The van der Waals surface area contributed by atoms with Gasteiger partial charge in [-0.15, -0.1) is 25.6 Å². The molecule has 0 aliphatic carbocycles. The lowest BCUT2D eigenvalue weighted by molar-refractivity contribution is -0.274. The minimum absolute atomic E-state index is 0. The van der Waals surface area contributed by atoms with Crippen molar-refractivity contribution in [3.05, 3.63) is 24.3 Å². The molecule has 1 fully saturated rings. The van der Waals surface area contributed by atoms with E-state index in [0.717, 1.165) is 12.1 Å². The van der Waals surface area contributed by atoms with Gasteiger partial charge in [0.05, 0.1) is 4.90 Å². The van der Waals surface area contributed by atoms with Gasteiger partial charge in [0.25, 0.3) is 0 Å². The number of hydrogen-bond donors (Lipinski definition) is 1. The summed E-state index contributed by atoms with van der Waals surface area (Å²) in [6.45, 7) is 1.13. The van der Waals surface area contributed by atoms with Gasteiger partial charge in [-0.1, -0.05) is 6.07 Å². The van der Waals surface area contributed by atoms with Gasteiger partial charge in [-0.25, -0.2) is 8.42 Å². The van der Waals surface area contributed by atoms with Crippen LogP contribution in [0.2, 0.25) is 0 Å². The quantitative estimate of drug-likeness (QED) is 0.878. The molecule has 1 saturated heterocycles. The highest BCUT2D eigenvalue weighted by Crippen LogP contribution is 2.28. The van der Waals surface area contributed by atoms with Gasteiger partial charge in [-0.05, 0) is 37.4 Å². The van der Waals surface area contributed by atoms with E-state index in [9.17, 15) is 21.6 Å². The Hall–Kier alpha value is -1.03. The largest absolute Gasteiger partial charge is 0.573 e. The Bertz CT molecular complexity index is 617. The molecule has 2 N–H and O–H groups in total. The highest BCUT2D eigenvalue weighted by atomic mass is 35.5. The van der Waals surface area contributed by atoms with Crippen LogP contribution in [-0.2, 0) is 10.0 Å². The molecular weight excluding hydrogens is 357 g/mol. The fourth-order valence-electron chi connectivity index (χ4n) is 2.37. The van der Waals surface area contributed by atoms with E-state index in [2.05, 4.69) is 4.74 Å². The molecule has 0 spiro atoms. The molecule has 1 aliphatic rings. The smallest absolute Gasteiger partial charge is 0.406 e. The summed E-state index contributed by atoms with van der Waals surface area (Å²) in [5.41, 5.74) is 5.56. The van der Waals surface area contributed by atoms with Crippen molar-refractivity contribution in [2.24, 2.45) is 11.7 Å². The Labute approximate surface area is 139 Å². The molecule has 1 aromatic rings. The van der Waals surface area contributed by atoms with E-state index in [-0.39, 0.29) is 23.2 Å². The summed E-state index contributed by atoms with van der Waals surface area (Å²) in [7, 11) is -3.83. The number of hydrogen-bond acceptors (Lipinski definition) is 4. The number of benzene rings is 1. The topological polar surface area (TPSA) is 72.6 Å². The Morgan fingerprint density at radius 3 is 2.39 bits per heavy atom. The summed E-state index contributed by atoms with van der Waals surface area (Å²) in [6, 6.07) is 4.43. The Kier molecular flexibility index (Phi) is 6.70. The summed E-state index contributed by atoms with van der Waals surface area (Å²) in [4.78, 5) is -0.208. The van der Waals surface area contributed by atoms with Crippen molar-refractivity contribution in [3.8, 4) is 5.75 Å². The SMILES string of the molecule is Cl.NCC1CCN(S(=O)(=O)c2cccc(OC(F)(F)F)c2)CC1. The molecule has 0 amide bonds. The lowest BCUT2D eigenvalue weighted by atomic mass is 9.99. The van der Waals surface area contributed by atoms with Crippen LogP contribution in [0.25, 0.3) is 0 Å². The minimum atomic E-state index is -4.86. The number of nitrogens with two attached hydrogens (primary N) is 1. The maximum atomic E-state index is 12.5. The van der Waals surface area contributed by atoms with Gasteiger partial charge in [0.15, 0.2) is 0 Å². The first kappa shape index (κ1) is 20.0. The normalized spacial score (nSPS) is 17.6. The van der Waals surface area contributed by atoms with Crippen molar-refractivity contribution in [1.29, 1.82) is 0 Å². The van der Waals surface area contributed by atoms with Gasteiger partial charge < -0.3 is 10.5 Å². The average Bonchev–Trinajstić information content (AvgIpc) is 2.46. The minimum Gasteiger partial charge on any atom is -0.406 e. The fraction of sp³-hybridized carbons (Fsp3) is 0.538. The molecule has 0 bridgehead atoms. The molecule has 10 heteroatoms. The zero-order chi connectivity index (χ0) is 16.4. The number of piperidine rings is 1. The van der Waals surface area contributed by atoms with Crippen molar-refractivity contribution in [2.75, 3.05) is 19.6 Å². The zero-order valence-electron chi connectivity index (χ0n) is 12.1. The van der Waals surface area contributed by atoms with Gasteiger partial charge in [-0.3, -0.25) is 0 Å². The number of halogens is 4. The van der Waals surface area contributed by atoms with E-state index in [1.54, 1.807) is 0 Å². The summed E-state index contributed by atoms with van der Waals surface area (Å²) < 4.78 is 66.6. The molecule has 0 saturated carbocycles. The first-order valence-electron chi connectivity index (χ1n) is 6.78. The predicted molar refractivity (Wildman–Crippen MR) is 80.9 cm³/mol. The number of rotatable bonds is 4. The van der Waals surface area contributed by atoms with Crippen molar-refractivity contribution in [2.45, 2.75) is 24.1 Å². The van der Waals surface area contributed by atoms with Gasteiger partial charge in [0.2, 0.25) is 10.0 Å². The third-order valence-electron chi connectivity index (χ3n) is 3.58. The Morgan fingerprint density at radius 1 is 1.26 bits per heavy atom. The summed E-state index contributed by atoms with van der Waals surface area (Å²) in [5, 5.41) is 0. The van der Waals surface area contributed by atoms with E-state index >= 15 is 0 Å². The molecule has 0 radical (unpaired) electrons. The van der Waals surface area contributed by atoms with Gasteiger partial charge in [0, 0.05) is 19.2 Å². The van der Waals surface area contributed by atoms with Crippen molar-refractivity contribution >= 4 is 22.4 Å². The highest BCUT2D eigenvalue weighted by molar-refractivity contribution is 7.89. The Morgan fingerprint density at radius 2 is 1.87 bits per heavy atom. The molecule has 0 aromatic heterocycles. The second-order valence-corrected chi connectivity index (χ2v) is 7.04. The molecule has 0 atom stereocenters. The van der Waals surface area contributed by atoms with Gasteiger partial charge in [-0.2, -0.15) is 4.31 Å². The summed E-state index contributed by atoms with van der Waals surface area (Å²) >= 11 is 0. The fourth-order valence-corrected chi connectivity index (χ4v) is 3.87. The van der Waals surface area contributed by atoms with Crippen LogP contribution in [0.4, 0.5) is 13.2 Å². The third kappa shape index (κ3) is 5.23. The van der Waals surface area contributed by atoms with E-state index in [1.165, 1.54) is 16.4 Å². The zero-order valence-corrected chi connectivity index (χ0v) is 13.8. The summed E-state index contributed by atoms with van der Waals surface area (Å²) in [5.74, 6) is -0.267. The monoisotopic (exact) mass is 374 g/mol. The van der Waals surface area contributed by atoms with Crippen molar-refractivity contribution in [3.63, 3.8) is 0 Å². The van der Waals surface area contributed by atoms with Gasteiger partial charge >= 0.3 is 6.36 Å². The summed E-state index contributed by atoms with van der Waals surface area (Å²) in [6.07, 6.45) is -3.56. The van der Waals surface area contributed by atoms with E-state index in [1.807, 2.05) is 0 Å². The van der Waals surface area contributed by atoms with Crippen LogP contribution >= 0.6 is 12.4 Å². The molecule has 132 valence electrons. The van der Waals surface area contributed by atoms with E-state index < -0.39 is 22.1 Å². The van der Waals surface area contributed by atoms with Crippen molar-refractivity contribution < 1.29 is 26.3 Å². The number of sulfonamides is 1. The second-order valence-electron chi connectivity index (χ2n) is 5.11. The molecule has 1 heterocycles. The van der Waals surface area contributed by atoms with E-state index in [0.29, 0.717) is 32.5 Å². The molecule has 1 aromatic carbocycles. The van der Waals surface area contributed by atoms with Crippen LogP contribution in [-0.4, -0.2) is 38.7 Å². The molecule has 2 rings (SSSR count). The lowest BCUT2D eigenvalue weighted by Gasteiger charge is -2.30. The highest BCUT2D eigenvalue weighted by Gasteiger charge is 2.33. The number of nitrogens with zero attached hydrogens (tertiary/aromatic N) is 1. The van der Waals surface area contributed by atoms with Crippen LogP contribution in [0.3, 0.4) is 0 Å². The van der Waals surface area contributed by atoms with Crippen LogP contribution in [0, 0.1) is 5.92 Å². The molecule has 23 heavy (non-hydrogen) atoms. The first-order chi connectivity index (χ1) is 10.2. The first-order valence-corrected chi connectivity index (χ1v) is 8.22. The number of alkyl halides is 3. The maximum Gasteiger partial charge on any atom is 0.573 e. The molecule has 1 aliphatic heterocycles. The average molecular weight is 375 g/mol. The lowest BCUT2D eigenvalue weighted by Crippen LogP contribution is -2.40. The van der Waals surface area contributed by atoms with Crippen LogP contribution in [0.15, 0.2) is 29.2 Å². The number of ether oxygens (including phenoxy) is 1. The molecule has 5 nitrogen and oxygen atoms in total.